The van der Waals surface area contributed by atoms with Gasteiger partial charge in [-0.05, 0) is 18.6 Å². The van der Waals surface area contributed by atoms with Crippen molar-refractivity contribution in [1.29, 1.82) is 0 Å². The summed E-state index contributed by atoms with van der Waals surface area (Å²) in [4.78, 5) is 27.8. The fourth-order valence-corrected chi connectivity index (χ4v) is 1.55. The fourth-order valence-electron chi connectivity index (χ4n) is 1.55. The summed E-state index contributed by atoms with van der Waals surface area (Å²) in [5.41, 5.74) is 0.665. The van der Waals surface area contributed by atoms with Crippen LogP contribution in [0.1, 0.15) is 23.8 Å². The van der Waals surface area contributed by atoms with Crippen LogP contribution in [0.2, 0.25) is 0 Å². The van der Waals surface area contributed by atoms with Crippen molar-refractivity contribution < 1.29 is 14.7 Å². The minimum atomic E-state index is -1.08. The highest BCUT2D eigenvalue weighted by Crippen LogP contribution is 2.14. The number of carbonyl (C=O) groups is 2. The lowest BCUT2D eigenvalue weighted by molar-refractivity contribution is -0.119. The molecule has 0 radical (unpaired) electrons. The number of rotatable bonds is 6. The number of carbonyl (C=O) groups excluding carboxylic acids is 1. The highest BCUT2D eigenvalue weighted by molar-refractivity contribution is 5.87. The van der Waals surface area contributed by atoms with Crippen molar-refractivity contribution in [2.45, 2.75) is 13.3 Å². The Kier molecular flexibility index (Phi) is 5.10. The lowest BCUT2D eigenvalue weighted by atomic mass is 10.2. The summed E-state index contributed by atoms with van der Waals surface area (Å²) >= 11 is 0. The van der Waals surface area contributed by atoms with Gasteiger partial charge in [0, 0.05) is 25.5 Å². The van der Waals surface area contributed by atoms with Gasteiger partial charge in [0.1, 0.15) is 5.69 Å². The van der Waals surface area contributed by atoms with Crippen LogP contribution in [0.15, 0.2) is 18.3 Å². The van der Waals surface area contributed by atoms with Crippen LogP contribution in [0, 0.1) is 0 Å². The van der Waals surface area contributed by atoms with Gasteiger partial charge in [-0.3, -0.25) is 4.79 Å². The summed E-state index contributed by atoms with van der Waals surface area (Å²) in [5.74, 6) is -1.19. The molecule has 6 nitrogen and oxygen atoms in total. The first-order valence-corrected chi connectivity index (χ1v) is 5.73. The molecule has 0 fully saturated rings. The zero-order valence-electron chi connectivity index (χ0n) is 10.5. The summed E-state index contributed by atoms with van der Waals surface area (Å²) in [7, 11) is 1.57. The molecule has 6 heteroatoms. The number of carboxylic acid groups (broad SMARTS) is 1. The zero-order chi connectivity index (χ0) is 13.5. The summed E-state index contributed by atoms with van der Waals surface area (Å²) < 4.78 is 0. The van der Waals surface area contributed by atoms with Crippen molar-refractivity contribution in [2.24, 2.45) is 0 Å². The van der Waals surface area contributed by atoms with E-state index < -0.39 is 5.97 Å². The molecule has 0 aromatic carbocycles. The number of hydrogen-bond acceptors (Lipinski definition) is 4. The van der Waals surface area contributed by atoms with Crippen molar-refractivity contribution in [3.8, 4) is 0 Å². The number of anilines is 1. The van der Waals surface area contributed by atoms with E-state index in [9.17, 15) is 9.59 Å². The first kappa shape index (κ1) is 14.0. The Balaban J connectivity index is 2.94. The van der Waals surface area contributed by atoms with E-state index in [4.69, 9.17) is 5.11 Å². The molecule has 1 aromatic heterocycles. The van der Waals surface area contributed by atoms with Crippen molar-refractivity contribution in [2.75, 3.05) is 25.0 Å². The third kappa shape index (κ3) is 3.73. The molecule has 0 aliphatic carbocycles. The number of amides is 1. The van der Waals surface area contributed by atoms with Gasteiger partial charge in [0.25, 0.3) is 0 Å². The van der Waals surface area contributed by atoms with Gasteiger partial charge in [-0.1, -0.05) is 6.92 Å². The Morgan fingerprint density at radius 2 is 2.22 bits per heavy atom. The molecule has 0 saturated heterocycles. The highest BCUT2D eigenvalue weighted by Gasteiger charge is 2.12. The van der Waals surface area contributed by atoms with Gasteiger partial charge in [-0.2, -0.15) is 0 Å². The van der Waals surface area contributed by atoms with Gasteiger partial charge in [0.05, 0.1) is 6.54 Å². The van der Waals surface area contributed by atoms with Crippen LogP contribution in [0.3, 0.4) is 0 Å². The lowest BCUT2D eigenvalue weighted by Gasteiger charge is -2.23. The van der Waals surface area contributed by atoms with E-state index in [1.54, 1.807) is 13.1 Å². The van der Waals surface area contributed by atoms with Crippen LogP contribution in [0.4, 0.5) is 5.69 Å². The minimum Gasteiger partial charge on any atom is -0.477 e. The molecule has 0 aliphatic heterocycles. The highest BCUT2D eigenvalue weighted by atomic mass is 16.4. The maximum Gasteiger partial charge on any atom is 0.354 e. The molecule has 0 spiro atoms. The molecule has 18 heavy (non-hydrogen) atoms. The zero-order valence-corrected chi connectivity index (χ0v) is 10.5. The summed E-state index contributed by atoms with van der Waals surface area (Å²) in [6.07, 6.45) is 2.30. The minimum absolute atomic E-state index is 0.0227. The normalized spacial score (nSPS) is 9.89. The Morgan fingerprint density at radius 1 is 1.50 bits per heavy atom. The third-order valence-electron chi connectivity index (χ3n) is 2.43. The molecule has 0 bridgehead atoms. The van der Waals surface area contributed by atoms with Gasteiger partial charge in [-0.15, -0.1) is 0 Å². The molecule has 1 aromatic rings. The predicted molar refractivity (Wildman–Crippen MR) is 67.8 cm³/mol. The second-order valence-electron chi connectivity index (χ2n) is 3.80. The van der Waals surface area contributed by atoms with E-state index in [0.29, 0.717) is 12.2 Å². The van der Waals surface area contributed by atoms with Crippen molar-refractivity contribution >= 4 is 17.6 Å². The Morgan fingerprint density at radius 3 is 2.78 bits per heavy atom. The molecule has 1 rings (SSSR count). The lowest BCUT2D eigenvalue weighted by Crippen LogP contribution is -2.36. The molecule has 98 valence electrons. The number of carboxylic acids is 1. The molecule has 0 unspecified atom stereocenters. The first-order valence-electron chi connectivity index (χ1n) is 5.73. The largest absolute Gasteiger partial charge is 0.477 e. The number of hydrogen-bond donors (Lipinski definition) is 2. The number of nitrogens with zero attached hydrogens (tertiary/aromatic N) is 2. The van der Waals surface area contributed by atoms with E-state index in [1.165, 1.54) is 12.3 Å². The summed E-state index contributed by atoms with van der Waals surface area (Å²) in [6.45, 7) is 2.88. The molecule has 0 saturated carbocycles. The summed E-state index contributed by atoms with van der Waals surface area (Å²) in [5, 5.41) is 11.4. The standard InChI is InChI=1S/C12H17N3O3/c1-3-6-15(8-11(16)13-2)9-4-5-14-10(7-9)12(17)18/h4-5,7H,3,6,8H2,1-2H3,(H,13,16)(H,17,18). The average Bonchev–Trinajstić information content (AvgIpc) is 2.38. The molecule has 2 N–H and O–H groups in total. The van der Waals surface area contributed by atoms with E-state index in [1.807, 2.05) is 11.8 Å². The van der Waals surface area contributed by atoms with Crippen LogP contribution in [-0.2, 0) is 4.79 Å². The van der Waals surface area contributed by atoms with E-state index in [0.717, 1.165) is 6.42 Å². The molecular weight excluding hydrogens is 234 g/mol. The van der Waals surface area contributed by atoms with E-state index in [-0.39, 0.29) is 18.1 Å². The SMILES string of the molecule is CCCN(CC(=O)NC)c1ccnc(C(=O)O)c1. The molecule has 1 amide bonds. The number of nitrogens with one attached hydrogen (secondary N) is 1. The van der Waals surface area contributed by atoms with Crippen LogP contribution in [-0.4, -0.2) is 42.1 Å². The Bertz CT molecular complexity index is 434. The van der Waals surface area contributed by atoms with Crippen LogP contribution in [0.25, 0.3) is 0 Å². The van der Waals surface area contributed by atoms with E-state index >= 15 is 0 Å². The van der Waals surface area contributed by atoms with Crippen LogP contribution < -0.4 is 10.2 Å². The van der Waals surface area contributed by atoms with E-state index in [2.05, 4.69) is 10.3 Å². The Hall–Kier alpha value is -2.11. The second-order valence-corrected chi connectivity index (χ2v) is 3.80. The number of pyridine rings is 1. The van der Waals surface area contributed by atoms with Gasteiger partial charge < -0.3 is 15.3 Å². The van der Waals surface area contributed by atoms with Crippen molar-refractivity contribution in [3.63, 3.8) is 0 Å². The quantitative estimate of drug-likeness (QED) is 0.779. The topological polar surface area (TPSA) is 82.5 Å². The smallest absolute Gasteiger partial charge is 0.354 e. The maximum absolute atomic E-state index is 11.4. The van der Waals surface area contributed by atoms with Crippen LogP contribution >= 0.6 is 0 Å². The van der Waals surface area contributed by atoms with Gasteiger partial charge >= 0.3 is 5.97 Å². The average molecular weight is 251 g/mol. The van der Waals surface area contributed by atoms with Gasteiger partial charge in [0.15, 0.2) is 0 Å². The van der Waals surface area contributed by atoms with Gasteiger partial charge in [-0.25, -0.2) is 9.78 Å². The number of likely N-dealkylation sites (N-methyl/N-ethyl adjacent to an activating group) is 1. The molecule has 0 atom stereocenters. The third-order valence-corrected chi connectivity index (χ3v) is 2.43. The fraction of sp³-hybridized carbons (Fsp3) is 0.417. The molecule has 1 heterocycles. The Labute approximate surface area is 106 Å². The molecular formula is C12H17N3O3. The van der Waals surface area contributed by atoms with Crippen LogP contribution in [0.5, 0.6) is 0 Å². The first-order chi connectivity index (χ1) is 8.58. The monoisotopic (exact) mass is 251 g/mol. The predicted octanol–water partition coefficient (Wildman–Crippen LogP) is 0.742. The second kappa shape index (κ2) is 6.58. The molecule has 0 aliphatic rings. The van der Waals surface area contributed by atoms with Gasteiger partial charge in [0.2, 0.25) is 5.91 Å². The number of aromatic nitrogens is 1. The maximum atomic E-state index is 11.4. The van der Waals surface area contributed by atoms with Crippen molar-refractivity contribution in [1.82, 2.24) is 10.3 Å². The summed E-state index contributed by atoms with van der Waals surface area (Å²) in [6, 6.07) is 3.17. The number of aromatic carboxylic acids is 1. The van der Waals surface area contributed by atoms with Crippen molar-refractivity contribution in [3.05, 3.63) is 24.0 Å².